The lowest BCUT2D eigenvalue weighted by Crippen LogP contribution is -2.26. The molecular weight excluding hydrogens is 298 g/mol. The third-order valence-electron chi connectivity index (χ3n) is 3.51. The second-order valence-corrected chi connectivity index (χ2v) is 7.12. The van der Waals surface area contributed by atoms with Crippen LogP contribution in [0, 0.1) is 13.8 Å². The summed E-state index contributed by atoms with van der Waals surface area (Å²) in [6.07, 6.45) is -0.350. The van der Waals surface area contributed by atoms with E-state index >= 15 is 0 Å². The van der Waals surface area contributed by atoms with Crippen molar-refractivity contribution in [3.63, 3.8) is 0 Å². The molecule has 0 saturated carbocycles. The van der Waals surface area contributed by atoms with Gasteiger partial charge < -0.3 is 5.11 Å². The van der Waals surface area contributed by atoms with Gasteiger partial charge in [-0.25, -0.2) is 13.1 Å². The van der Waals surface area contributed by atoms with Crippen LogP contribution >= 0.6 is 0 Å². The molecule has 0 aliphatic rings. The first-order chi connectivity index (χ1) is 10.4. The number of aliphatic hydroxyl groups is 1. The number of sulfonamides is 1. The van der Waals surface area contributed by atoms with Crippen LogP contribution in [0.2, 0.25) is 0 Å². The number of hydrogen-bond donors (Lipinski definition) is 2. The molecule has 118 valence electrons. The van der Waals surface area contributed by atoms with Crippen LogP contribution in [0.4, 0.5) is 0 Å². The first-order valence-electron chi connectivity index (χ1n) is 7.20. The van der Waals surface area contributed by atoms with Crippen molar-refractivity contribution in [2.45, 2.75) is 31.3 Å². The van der Waals surface area contributed by atoms with Gasteiger partial charge in [0.15, 0.2) is 0 Å². The van der Waals surface area contributed by atoms with Gasteiger partial charge in [-0.15, -0.1) is 0 Å². The Bertz CT molecular complexity index is 727. The van der Waals surface area contributed by atoms with Crippen LogP contribution in [0.3, 0.4) is 0 Å². The number of rotatable bonds is 6. The number of nitrogens with one attached hydrogen (secondary N) is 1. The van der Waals surface area contributed by atoms with E-state index in [1.807, 2.05) is 43.3 Å². The molecule has 0 spiro atoms. The molecule has 1 unspecified atom stereocenters. The Kier molecular flexibility index (Phi) is 5.34. The van der Waals surface area contributed by atoms with Crippen molar-refractivity contribution in [1.82, 2.24) is 4.72 Å². The lowest BCUT2D eigenvalue weighted by Gasteiger charge is -2.13. The van der Waals surface area contributed by atoms with E-state index in [0.717, 1.165) is 16.7 Å². The number of aryl methyl sites for hydroxylation is 2. The first-order valence-corrected chi connectivity index (χ1v) is 8.68. The Morgan fingerprint density at radius 2 is 1.77 bits per heavy atom. The molecule has 0 radical (unpaired) electrons. The van der Waals surface area contributed by atoms with Crippen molar-refractivity contribution in [3.8, 4) is 0 Å². The molecule has 2 rings (SSSR count). The van der Waals surface area contributed by atoms with E-state index in [9.17, 15) is 13.5 Å². The van der Waals surface area contributed by atoms with Crippen molar-refractivity contribution < 1.29 is 13.5 Å². The van der Waals surface area contributed by atoms with Gasteiger partial charge in [0.25, 0.3) is 0 Å². The first kappa shape index (κ1) is 16.7. The summed E-state index contributed by atoms with van der Waals surface area (Å²) in [5.74, 6) is 0. The highest BCUT2D eigenvalue weighted by Crippen LogP contribution is 2.18. The van der Waals surface area contributed by atoms with Gasteiger partial charge in [0.2, 0.25) is 10.0 Å². The predicted molar refractivity (Wildman–Crippen MR) is 87.1 cm³/mol. The van der Waals surface area contributed by atoms with Crippen LogP contribution < -0.4 is 4.72 Å². The molecule has 1 atom stereocenters. The third kappa shape index (κ3) is 4.16. The Hall–Kier alpha value is -1.69. The van der Waals surface area contributed by atoms with Gasteiger partial charge in [-0.1, -0.05) is 48.0 Å². The van der Waals surface area contributed by atoms with Crippen molar-refractivity contribution >= 4 is 10.0 Å². The van der Waals surface area contributed by atoms with Gasteiger partial charge in [0.05, 0.1) is 11.0 Å². The van der Waals surface area contributed by atoms with Gasteiger partial charge in [-0.05, 0) is 37.5 Å². The summed E-state index contributed by atoms with van der Waals surface area (Å²) >= 11 is 0. The molecule has 0 aliphatic heterocycles. The SMILES string of the molecule is Cc1ccc(S(=O)(=O)NCCC(O)c2ccccc2)c(C)c1. The highest BCUT2D eigenvalue weighted by Gasteiger charge is 2.17. The van der Waals surface area contributed by atoms with Gasteiger partial charge in [0.1, 0.15) is 0 Å². The van der Waals surface area contributed by atoms with E-state index in [1.165, 1.54) is 0 Å². The zero-order chi connectivity index (χ0) is 16.2. The summed E-state index contributed by atoms with van der Waals surface area (Å²) in [6.45, 7) is 3.89. The zero-order valence-electron chi connectivity index (χ0n) is 12.8. The molecule has 2 N–H and O–H groups in total. The van der Waals surface area contributed by atoms with E-state index in [4.69, 9.17) is 0 Å². The van der Waals surface area contributed by atoms with E-state index in [1.54, 1.807) is 19.1 Å². The molecule has 0 heterocycles. The fraction of sp³-hybridized carbons (Fsp3) is 0.294. The van der Waals surface area contributed by atoms with Crippen molar-refractivity contribution in [3.05, 3.63) is 65.2 Å². The monoisotopic (exact) mass is 319 g/mol. The molecule has 0 amide bonds. The predicted octanol–water partition coefficient (Wildman–Crippen LogP) is 2.71. The maximum Gasteiger partial charge on any atom is 0.240 e. The maximum absolute atomic E-state index is 12.3. The fourth-order valence-electron chi connectivity index (χ4n) is 2.35. The molecule has 4 nitrogen and oxygen atoms in total. The topological polar surface area (TPSA) is 66.4 Å². The summed E-state index contributed by atoms with van der Waals surface area (Å²) in [6, 6.07) is 14.4. The molecule has 2 aromatic carbocycles. The molecule has 0 fully saturated rings. The Morgan fingerprint density at radius 3 is 2.41 bits per heavy atom. The molecule has 2 aromatic rings. The largest absolute Gasteiger partial charge is 0.388 e. The average Bonchev–Trinajstić information content (AvgIpc) is 2.47. The molecular formula is C17H21NO3S. The van der Waals surface area contributed by atoms with E-state index in [0.29, 0.717) is 6.42 Å². The lowest BCUT2D eigenvalue weighted by atomic mass is 10.1. The standard InChI is InChI=1S/C17H21NO3S/c1-13-8-9-17(14(2)12-13)22(20,21)18-11-10-16(19)15-6-4-3-5-7-15/h3-9,12,16,18-19H,10-11H2,1-2H3. The minimum absolute atomic E-state index is 0.186. The van der Waals surface area contributed by atoms with Crippen molar-refractivity contribution in [2.75, 3.05) is 6.54 Å². The fourth-order valence-corrected chi connectivity index (χ4v) is 3.62. The second-order valence-electron chi connectivity index (χ2n) is 5.38. The molecule has 0 bridgehead atoms. The number of aliphatic hydroxyl groups excluding tert-OH is 1. The Morgan fingerprint density at radius 1 is 1.09 bits per heavy atom. The lowest BCUT2D eigenvalue weighted by molar-refractivity contribution is 0.169. The molecule has 0 aliphatic carbocycles. The van der Waals surface area contributed by atoms with Crippen LogP contribution in [0.15, 0.2) is 53.4 Å². The highest BCUT2D eigenvalue weighted by molar-refractivity contribution is 7.89. The van der Waals surface area contributed by atoms with Crippen molar-refractivity contribution in [2.24, 2.45) is 0 Å². The Balaban J connectivity index is 1.98. The van der Waals surface area contributed by atoms with Crippen LogP contribution in [0.1, 0.15) is 29.2 Å². The molecule has 0 saturated heterocycles. The molecule has 0 aromatic heterocycles. The summed E-state index contributed by atoms with van der Waals surface area (Å²) in [4.78, 5) is 0.285. The summed E-state index contributed by atoms with van der Waals surface area (Å²) in [7, 11) is -3.55. The van der Waals surface area contributed by atoms with Gasteiger partial charge in [-0.2, -0.15) is 0 Å². The molecule has 5 heteroatoms. The van der Waals surface area contributed by atoms with Crippen LogP contribution in [-0.4, -0.2) is 20.1 Å². The zero-order valence-corrected chi connectivity index (χ0v) is 13.6. The number of benzene rings is 2. The van der Waals surface area contributed by atoms with Crippen molar-refractivity contribution in [1.29, 1.82) is 0 Å². The van der Waals surface area contributed by atoms with E-state index in [2.05, 4.69) is 4.72 Å². The summed E-state index contributed by atoms with van der Waals surface area (Å²) in [5, 5.41) is 10.0. The maximum atomic E-state index is 12.3. The van der Waals surface area contributed by atoms with E-state index in [-0.39, 0.29) is 11.4 Å². The third-order valence-corrected chi connectivity index (χ3v) is 5.14. The van der Waals surface area contributed by atoms with Crippen LogP contribution in [-0.2, 0) is 10.0 Å². The van der Waals surface area contributed by atoms with E-state index < -0.39 is 16.1 Å². The minimum atomic E-state index is -3.55. The minimum Gasteiger partial charge on any atom is -0.388 e. The quantitative estimate of drug-likeness (QED) is 0.860. The molecule has 22 heavy (non-hydrogen) atoms. The smallest absolute Gasteiger partial charge is 0.240 e. The van der Waals surface area contributed by atoms with Crippen LogP contribution in [0.25, 0.3) is 0 Å². The van der Waals surface area contributed by atoms with Crippen LogP contribution in [0.5, 0.6) is 0 Å². The summed E-state index contributed by atoms with van der Waals surface area (Å²) in [5.41, 5.74) is 2.53. The highest BCUT2D eigenvalue weighted by atomic mass is 32.2. The van der Waals surface area contributed by atoms with Gasteiger partial charge in [0, 0.05) is 6.54 Å². The summed E-state index contributed by atoms with van der Waals surface area (Å²) < 4.78 is 27.1. The average molecular weight is 319 g/mol. The van der Waals surface area contributed by atoms with Gasteiger partial charge >= 0.3 is 0 Å². The Labute approximate surface area is 131 Å². The second kappa shape index (κ2) is 7.05. The normalized spacial score (nSPS) is 13.0. The number of hydrogen-bond acceptors (Lipinski definition) is 3. The van der Waals surface area contributed by atoms with Gasteiger partial charge in [-0.3, -0.25) is 0 Å².